The average molecular weight is 338 g/mol. The topological polar surface area (TPSA) is 20.2 Å². The molecular weight excluding hydrogens is 306 g/mol. The molecule has 25 heavy (non-hydrogen) atoms. The molecule has 134 valence electrons. The molecule has 0 aliphatic carbocycles. The van der Waals surface area contributed by atoms with Crippen LogP contribution in [-0.4, -0.2) is 35.6 Å². The first-order valence-electron chi connectivity index (χ1n) is 9.71. The lowest BCUT2D eigenvalue weighted by Gasteiger charge is -2.17. The zero-order chi connectivity index (χ0) is 17.6. The average Bonchev–Trinajstić information content (AvgIpc) is 2.98. The Labute approximate surface area is 151 Å². The zero-order valence-electron chi connectivity index (χ0n) is 15.9. The Bertz CT molecular complexity index is 815. The summed E-state index contributed by atoms with van der Waals surface area (Å²) in [6.45, 7) is 13.2. The highest BCUT2D eigenvalue weighted by Crippen LogP contribution is 2.29. The second-order valence-corrected chi connectivity index (χ2v) is 6.67. The highest BCUT2D eigenvalue weighted by atomic mass is 15.1. The molecule has 0 aliphatic rings. The van der Waals surface area contributed by atoms with Crippen molar-refractivity contribution in [2.24, 2.45) is 0 Å². The minimum absolute atomic E-state index is 0.944. The van der Waals surface area contributed by atoms with Crippen LogP contribution in [0.4, 0.5) is 0 Å². The SMILES string of the molecule is CCN(CC)CCCNCc1ccc2c(c1)c1ccccc1n2CC. The van der Waals surface area contributed by atoms with Crippen LogP contribution in [-0.2, 0) is 13.1 Å². The van der Waals surface area contributed by atoms with E-state index in [1.54, 1.807) is 0 Å². The monoisotopic (exact) mass is 337 g/mol. The van der Waals surface area contributed by atoms with Crippen LogP contribution in [0.2, 0.25) is 0 Å². The Morgan fingerprint density at radius 1 is 0.920 bits per heavy atom. The van der Waals surface area contributed by atoms with Gasteiger partial charge in [0.25, 0.3) is 0 Å². The molecule has 0 saturated carbocycles. The van der Waals surface area contributed by atoms with Gasteiger partial charge in [0.15, 0.2) is 0 Å². The van der Waals surface area contributed by atoms with Crippen molar-refractivity contribution in [3.8, 4) is 0 Å². The van der Waals surface area contributed by atoms with Crippen molar-refractivity contribution >= 4 is 21.8 Å². The summed E-state index contributed by atoms with van der Waals surface area (Å²) >= 11 is 0. The maximum atomic E-state index is 3.61. The number of hydrogen-bond donors (Lipinski definition) is 1. The summed E-state index contributed by atoms with van der Waals surface area (Å²) in [7, 11) is 0. The van der Waals surface area contributed by atoms with Gasteiger partial charge in [0.1, 0.15) is 0 Å². The minimum atomic E-state index is 0.944. The van der Waals surface area contributed by atoms with E-state index in [0.29, 0.717) is 0 Å². The number of nitrogens with one attached hydrogen (secondary N) is 1. The van der Waals surface area contributed by atoms with Gasteiger partial charge < -0.3 is 14.8 Å². The van der Waals surface area contributed by atoms with Crippen molar-refractivity contribution in [1.29, 1.82) is 0 Å². The van der Waals surface area contributed by atoms with Crippen molar-refractivity contribution < 1.29 is 0 Å². The fourth-order valence-electron chi connectivity index (χ4n) is 3.75. The molecule has 0 saturated heterocycles. The molecule has 1 aromatic heterocycles. The largest absolute Gasteiger partial charge is 0.341 e. The number of nitrogens with zero attached hydrogens (tertiary/aromatic N) is 2. The van der Waals surface area contributed by atoms with E-state index in [1.807, 2.05) is 0 Å². The van der Waals surface area contributed by atoms with Crippen LogP contribution < -0.4 is 5.32 Å². The van der Waals surface area contributed by atoms with Gasteiger partial charge >= 0.3 is 0 Å². The summed E-state index contributed by atoms with van der Waals surface area (Å²) in [4.78, 5) is 2.48. The van der Waals surface area contributed by atoms with Gasteiger partial charge in [-0.3, -0.25) is 0 Å². The molecule has 3 aromatic rings. The lowest BCUT2D eigenvalue weighted by molar-refractivity contribution is 0.298. The molecule has 3 heteroatoms. The second-order valence-electron chi connectivity index (χ2n) is 6.67. The number of hydrogen-bond acceptors (Lipinski definition) is 2. The van der Waals surface area contributed by atoms with E-state index in [4.69, 9.17) is 0 Å². The van der Waals surface area contributed by atoms with Gasteiger partial charge in [-0.2, -0.15) is 0 Å². The van der Waals surface area contributed by atoms with Gasteiger partial charge in [-0.05, 0) is 63.3 Å². The number of rotatable bonds is 9. The molecule has 0 spiro atoms. The Balaban J connectivity index is 1.68. The Kier molecular flexibility index (Phi) is 6.11. The highest BCUT2D eigenvalue weighted by Gasteiger charge is 2.09. The maximum Gasteiger partial charge on any atom is 0.0491 e. The molecule has 0 radical (unpaired) electrons. The van der Waals surface area contributed by atoms with E-state index in [9.17, 15) is 0 Å². The van der Waals surface area contributed by atoms with Crippen LogP contribution in [0.15, 0.2) is 42.5 Å². The van der Waals surface area contributed by atoms with Crippen LogP contribution in [0.5, 0.6) is 0 Å². The van der Waals surface area contributed by atoms with Crippen LogP contribution in [0.3, 0.4) is 0 Å². The maximum absolute atomic E-state index is 3.61. The summed E-state index contributed by atoms with van der Waals surface area (Å²) < 4.78 is 2.41. The van der Waals surface area contributed by atoms with Gasteiger partial charge in [0.05, 0.1) is 0 Å². The first kappa shape index (κ1) is 18.0. The fraction of sp³-hybridized carbons (Fsp3) is 0.455. The van der Waals surface area contributed by atoms with Gasteiger partial charge in [-0.15, -0.1) is 0 Å². The molecule has 1 N–H and O–H groups in total. The molecule has 0 unspecified atom stereocenters. The second kappa shape index (κ2) is 8.50. The highest BCUT2D eigenvalue weighted by molar-refractivity contribution is 6.08. The number of aromatic nitrogens is 1. The summed E-state index contributed by atoms with van der Waals surface area (Å²) in [6, 6.07) is 15.7. The van der Waals surface area contributed by atoms with Crippen molar-refractivity contribution in [2.45, 2.75) is 40.3 Å². The normalized spacial score (nSPS) is 11.8. The molecule has 0 fully saturated rings. The van der Waals surface area contributed by atoms with Gasteiger partial charge in [0.2, 0.25) is 0 Å². The number of fused-ring (bicyclic) bond motifs is 3. The first-order valence-corrected chi connectivity index (χ1v) is 9.71. The predicted octanol–water partition coefficient (Wildman–Crippen LogP) is 4.64. The molecule has 0 atom stereocenters. The summed E-state index contributed by atoms with van der Waals surface area (Å²) in [5, 5.41) is 6.34. The number of para-hydroxylation sites is 1. The van der Waals surface area contributed by atoms with Crippen LogP contribution in [0.1, 0.15) is 32.8 Å². The third-order valence-corrected chi connectivity index (χ3v) is 5.20. The standard InChI is InChI=1S/C22H31N3/c1-4-24(5-2)15-9-14-23-17-18-12-13-22-20(16-18)19-10-7-8-11-21(19)25(22)6-3/h7-8,10-13,16,23H,4-6,9,14-15,17H2,1-3H3. The third kappa shape index (κ3) is 3.88. The summed E-state index contributed by atoms with van der Waals surface area (Å²) in [5.74, 6) is 0. The summed E-state index contributed by atoms with van der Waals surface area (Å²) in [6.07, 6.45) is 1.21. The lowest BCUT2D eigenvalue weighted by atomic mass is 10.1. The molecule has 2 aromatic carbocycles. The molecule has 3 nitrogen and oxygen atoms in total. The third-order valence-electron chi connectivity index (χ3n) is 5.20. The smallest absolute Gasteiger partial charge is 0.0491 e. The molecule has 3 rings (SSSR count). The first-order chi connectivity index (χ1) is 12.3. The molecule has 0 aliphatic heterocycles. The summed E-state index contributed by atoms with van der Waals surface area (Å²) in [5.41, 5.74) is 4.05. The molecule has 1 heterocycles. The zero-order valence-corrected chi connectivity index (χ0v) is 15.9. The lowest BCUT2D eigenvalue weighted by Crippen LogP contribution is -2.27. The number of aryl methyl sites for hydroxylation is 1. The molecule has 0 amide bonds. The Hall–Kier alpha value is -1.84. The minimum Gasteiger partial charge on any atom is -0.341 e. The van der Waals surface area contributed by atoms with E-state index in [-0.39, 0.29) is 0 Å². The van der Waals surface area contributed by atoms with Crippen molar-refractivity contribution in [1.82, 2.24) is 14.8 Å². The number of benzene rings is 2. The Morgan fingerprint density at radius 3 is 2.44 bits per heavy atom. The van der Waals surface area contributed by atoms with Crippen LogP contribution in [0, 0.1) is 0 Å². The van der Waals surface area contributed by atoms with Crippen LogP contribution in [0.25, 0.3) is 21.8 Å². The molecule has 0 bridgehead atoms. The van der Waals surface area contributed by atoms with Crippen molar-refractivity contribution in [3.63, 3.8) is 0 Å². The van der Waals surface area contributed by atoms with Gasteiger partial charge in [0, 0.05) is 34.9 Å². The van der Waals surface area contributed by atoms with E-state index in [1.165, 1.54) is 40.3 Å². The molecular formula is C22H31N3. The van der Waals surface area contributed by atoms with Crippen molar-refractivity contribution in [2.75, 3.05) is 26.2 Å². The van der Waals surface area contributed by atoms with Crippen molar-refractivity contribution in [3.05, 3.63) is 48.0 Å². The predicted molar refractivity (Wildman–Crippen MR) is 109 cm³/mol. The fourth-order valence-corrected chi connectivity index (χ4v) is 3.75. The van der Waals surface area contributed by atoms with E-state index >= 15 is 0 Å². The van der Waals surface area contributed by atoms with E-state index in [0.717, 1.165) is 32.7 Å². The van der Waals surface area contributed by atoms with E-state index < -0.39 is 0 Å². The van der Waals surface area contributed by atoms with Gasteiger partial charge in [-0.1, -0.05) is 38.1 Å². The Morgan fingerprint density at radius 2 is 1.68 bits per heavy atom. The van der Waals surface area contributed by atoms with E-state index in [2.05, 4.69) is 78.0 Å². The quantitative estimate of drug-likeness (QED) is 0.574. The van der Waals surface area contributed by atoms with Crippen LogP contribution >= 0.6 is 0 Å². The van der Waals surface area contributed by atoms with Gasteiger partial charge in [-0.25, -0.2) is 0 Å².